The average molecular weight is 343 g/mol. The van der Waals surface area contributed by atoms with Crippen LogP contribution < -0.4 is 0 Å². The highest BCUT2D eigenvalue weighted by atomic mass is 35.5. The SMILES string of the molecule is Cc1nn(CC(C)C)c(Cl)c1/C=N\n1cnnc1-c1ccccc1. The average Bonchev–Trinajstić information content (AvgIpc) is 3.12. The highest BCUT2D eigenvalue weighted by Crippen LogP contribution is 2.20. The summed E-state index contributed by atoms with van der Waals surface area (Å²) in [7, 11) is 0. The van der Waals surface area contributed by atoms with E-state index in [1.165, 1.54) is 0 Å². The monoisotopic (exact) mass is 342 g/mol. The third-order valence-electron chi connectivity index (χ3n) is 3.52. The van der Waals surface area contributed by atoms with E-state index in [-0.39, 0.29) is 0 Å². The van der Waals surface area contributed by atoms with Crippen LogP contribution in [0.1, 0.15) is 25.1 Å². The van der Waals surface area contributed by atoms with Crippen LogP contribution in [-0.2, 0) is 6.54 Å². The summed E-state index contributed by atoms with van der Waals surface area (Å²) in [5.74, 6) is 1.14. The van der Waals surface area contributed by atoms with Crippen LogP contribution in [-0.4, -0.2) is 30.9 Å². The van der Waals surface area contributed by atoms with E-state index in [1.54, 1.807) is 17.2 Å². The van der Waals surface area contributed by atoms with E-state index in [1.807, 2.05) is 41.9 Å². The van der Waals surface area contributed by atoms with Crippen LogP contribution in [0.5, 0.6) is 0 Å². The highest BCUT2D eigenvalue weighted by Gasteiger charge is 2.13. The Morgan fingerprint density at radius 2 is 2.00 bits per heavy atom. The summed E-state index contributed by atoms with van der Waals surface area (Å²) in [4.78, 5) is 0. The highest BCUT2D eigenvalue weighted by molar-refractivity contribution is 6.32. The zero-order valence-corrected chi connectivity index (χ0v) is 14.6. The first-order valence-corrected chi connectivity index (χ1v) is 8.16. The molecule has 0 saturated heterocycles. The number of nitrogens with zero attached hydrogens (tertiary/aromatic N) is 6. The smallest absolute Gasteiger partial charge is 0.184 e. The first kappa shape index (κ1) is 16.4. The first-order valence-electron chi connectivity index (χ1n) is 7.79. The molecule has 0 aliphatic carbocycles. The molecular weight excluding hydrogens is 324 g/mol. The minimum Gasteiger partial charge on any atom is -0.253 e. The van der Waals surface area contributed by atoms with Gasteiger partial charge < -0.3 is 0 Å². The van der Waals surface area contributed by atoms with Gasteiger partial charge in [0.25, 0.3) is 0 Å². The van der Waals surface area contributed by atoms with Gasteiger partial charge in [-0.3, -0.25) is 4.68 Å². The number of rotatable bonds is 5. The third kappa shape index (κ3) is 3.38. The van der Waals surface area contributed by atoms with Gasteiger partial charge in [-0.05, 0) is 12.8 Å². The molecule has 0 radical (unpaired) electrons. The van der Waals surface area contributed by atoms with Crippen molar-refractivity contribution in [2.75, 3.05) is 0 Å². The maximum absolute atomic E-state index is 6.44. The van der Waals surface area contributed by atoms with Gasteiger partial charge in [-0.15, -0.1) is 10.2 Å². The minimum atomic E-state index is 0.467. The van der Waals surface area contributed by atoms with E-state index in [0.29, 0.717) is 16.9 Å². The van der Waals surface area contributed by atoms with Crippen LogP contribution in [0.15, 0.2) is 41.8 Å². The van der Waals surface area contributed by atoms with E-state index in [2.05, 4.69) is 34.2 Å². The molecule has 7 heteroatoms. The van der Waals surface area contributed by atoms with E-state index in [0.717, 1.165) is 23.4 Å². The largest absolute Gasteiger partial charge is 0.253 e. The summed E-state index contributed by atoms with van der Waals surface area (Å²) < 4.78 is 3.44. The number of benzene rings is 1. The van der Waals surface area contributed by atoms with Crippen molar-refractivity contribution in [2.24, 2.45) is 11.0 Å². The van der Waals surface area contributed by atoms with Crippen molar-refractivity contribution in [1.29, 1.82) is 0 Å². The van der Waals surface area contributed by atoms with Gasteiger partial charge >= 0.3 is 0 Å². The molecule has 6 nitrogen and oxygen atoms in total. The van der Waals surface area contributed by atoms with Gasteiger partial charge in [-0.2, -0.15) is 14.9 Å². The summed E-state index contributed by atoms with van der Waals surface area (Å²) >= 11 is 6.44. The van der Waals surface area contributed by atoms with Gasteiger partial charge in [-0.1, -0.05) is 55.8 Å². The molecule has 3 aromatic rings. The van der Waals surface area contributed by atoms with Crippen molar-refractivity contribution < 1.29 is 0 Å². The Balaban J connectivity index is 1.91. The number of aryl methyl sites for hydroxylation is 1. The molecular formula is C17H19ClN6. The van der Waals surface area contributed by atoms with E-state index in [9.17, 15) is 0 Å². The fraction of sp³-hybridized carbons (Fsp3) is 0.294. The third-order valence-corrected chi connectivity index (χ3v) is 3.92. The van der Waals surface area contributed by atoms with Crippen LogP contribution in [0.4, 0.5) is 0 Å². The lowest BCUT2D eigenvalue weighted by Gasteiger charge is -2.05. The lowest BCUT2D eigenvalue weighted by molar-refractivity contribution is 0.482. The molecule has 1 aromatic carbocycles. The van der Waals surface area contributed by atoms with Crippen LogP contribution in [0.2, 0.25) is 5.15 Å². The normalized spacial score (nSPS) is 11.7. The number of hydrogen-bond donors (Lipinski definition) is 0. The van der Waals surface area contributed by atoms with E-state index >= 15 is 0 Å². The molecule has 0 spiro atoms. The van der Waals surface area contributed by atoms with Gasteiger partial charge in [0.05, 0.1) is 17.5 Å². The molecule has 0 bridgehead atoms. The topological polar surface area (TPSA) is 60.9 Å². The number of halogens is 1. The van der Waals surface area contributed by atoms with Crippen molar-refractivity contribution in [1.82, 2.24) is 24.7 Å². The van der Waals surface area contributed by atoms with Crippen molar-refractivity contribution in [3.05, 3.63) is 53.1 Å². The Hall–Kier alpha value is -2.47. The Bertz CT molecular complexity index is 847. The Labute approximate surface area is 145 Å². The fourth-order valence-electron chi connectivity index (χ4n) is 2.39. The fourth-order valence-corrected chi connectivity index (χ4v) is 2.68. The first-order chi connectivity index (χ1) is 11.6. The van der Waals surface area contributed by atoms with Gasteiger partial charge in [0.1, 0.15) is 11.5 Å². The minimum absolute atomic E-state index is 0.467. The standard InChI is InChI=1S/C17H19ClN6/c1-12(2)10-23-16(18)15(13(3)22-23)9-20-24-11-19-21-17(24)14-7-5-4-6-8-14/h4-9,11-12H,10H2,1-3H3/b20-9-. The van der Waals surface area contributed by atoms with Crippen molar-refractivity contribution in [3.63, 3.8) is 0 Å². The second-order valence-electron chi connectivity index (χ2n) is 5.98. The maximum atomic E-state index is 6.44. The molecule has 124 valence electrons. The molecule has 0 amide bonds. The van der Waals surface area contributed by atoms with E-state index < -0.39 is 0 Å². The van der Waals surface area contributed by atoms with Crippen LogP contribution in [0.25, 0.3) is 11.4 Å². The zero-order valence-electron chi connectivity index (χ0n) is 13.9. The molecule has 0 aliphatic rings. The summed E-state index contributed by atoms with van der Waals surface area (Å²) in [6.07, 6.45) is 3.28. The van der Waals surface area contributed by atoms with Crippen LogP contribution in [0, 0.1) is 12.8 Å². The summed E-state index contributed by atoms with van der Waals surface area (Å²) in [5, 5.41) is 17.6. The summed E-state index contributed by atoms with van der Waals surface area (Å²) in [5.41, 5.74) is 2.61. The molecule has 0 fully saturated rings. The van der Waals surface area contributed by atoms with Crippen molar-refractivity contribution in [3.8, 4) is 11.4 Å². The van der Waals surface area contributed by atoms with Gasteiger partial charge in [-0.25, -0.2) is 0 Å². The van der Waals surface area contributed by atoms with E-state index in [4.69, 9.17) is 11.6 Å². The molecule has 0 atom stereocenters. The molecule has 0 aliphatic heterocycles. The molecule has 2 aromatic heterocycles. The van der Waals surface area contributed by atoms with Gasteiger partial charge in [0, 0.05) is 12.1 Å². The molecule has 3 rings (SSSR count). The van der Waals surface area contributed by atoms with Gasteiger partial charge in [0.15, 0.2) is 5.82 Å². The van der Waals surface area contributed by atoms with Crippen LogP contribution >= 0.6 is 11.6 Å². The second-order valence-corrected chi connectivity index (χ2v) is 6.33. The molecule has 0 saturated carbocycles. The lowest BCUT2D eigenvalue weighted by Crippen LogP contribution is -2.06. The predicted molar refractivity (Wildman–Crippen MR) is 95.3 cm³/mol. The quantitative estimate of drug-likeness (QED) is 0.665. The number of hydrogen-bond acceptors (Lipinski definition) is 4. The molecule has 0 unspecified atom stereocenters. The summed E-state index contributed by atoms with van der Waals surface area (Å²) in [6.45, 7) is 6.96. The zero-order chi connectivity index (χ0) is 17.1. The Morgan fingerprint density at radius 3 is 2.71 bits per heavy atom. The van der Waals surface area contributed by atoms with Crippen LogP contribution in [0.3, 0.4) is 0 Å². The number of aromatic nitrogens is 5. The van der Waals surface area contributed by atoms with Gasteiger partial charge in [0.2, 0.25) is 0 Å². The Morgan fingerprint density at radius 1 is 1.25 bits per heavy atom. The Kier molecular flexibility index (Phi) is 4.76. The van der Waals surface area contributed by atoms with Crippen molar-refractivity contribution in [2.45, 2.75) is 27.3 Å². The molecule has 2 heterocycles. The summed E-state index contributed by atoms with van der Waals surface area (Å²) in [6, 6.07) is 9.80. The van der Waals surface area contributed by atoms with Crippen molar-refractivity contribution >= 4 is 17.8 Å². The molecule has 24 heavy (non-hydrogen) atoms. The molecule has 0 N–H and O–H groups in total. The maximum Gasteiger partial charge on any atom is 0.184 e. The lowest BCUT2D eigenvalue weighted by atomic mass is 10.2. The predicted octanol–water partition coefficient (Wildman–Crippen LogP) is 3.64. The second kappa shape index (κ2) is 6.97.